The molecule has 0 N–H and O–H groups in total. The van der Waals surface area contributed by atoms with Gasteiger partial charge in [-0.3, -0.25) is 13.9 Å². The fraction of sp³-hybridized carbons (Fsp3) is 0.231. The van der Waals surface area contributed by atoms with Crippen LogP contribution in [-0.2, 0) is 20.3 Å². The van der Waals surface area contributed by atoms with Crippen LogP contribution in [0, 0.1) is 0 Å². The van der Waals surface area contributed by atoms with Crippen LogP contribution in [0.3, 0.4) is 0 Å². The first kappa shape index (κ1) is 14.2. The fourth-order valence-corrected chi connectivity index (χ4v) is 2.16. The van der Waals surface area contributed by atoms with Crippen LogP contribution in [0.15, 0.2) is 27.8 Å². The molecule has 0 aliphatic rings. The second-order valence-corrected chi connectivity index (χ2v) is 4.80. The van der Waals surface area contributed by atoms with E-state index in [1.54, 1.807) is 0 Å². The van der Waals surface area contributed by atoms with E-state index in [2.05, 4.69) is 9.97 Å². The van der Waals surface area contributed by atoms with Gasteiger partial charge in [-0.1, -0.05) is 0 Å². The minimum Gasteiger partial charge on any atom is -0.279 e. The smallest absolute Gasteiger partial charge is 0.279 e. The molecule has 0 atom stereocenters. The van der Waals surface area contributed by atoms with E-state index in [9.17, 15) is 22.8 Å². The first-order valence-corrected chi connectivity index (χ1v) is 6.15. The molecular formula is C13H9F3N4O2. The van der Waals surface area contributed by atoms with Gasteiger partial charge in [-0.2, -0.15) is 13.2 Å². The molecule has 0 saturated heterocycles. The second-order valence-electron chi connectivity index (χ2n) is 4.80. The van der Waals surface area contributed by atoms with Crippen molar-refractivity contribution in [3.8, 4) is 0 Å². The Morgan fingerprint density at radius 2 is 1.68 bits per heavy atom. The van der Waals surface area contributed by atoms with E-state index in [0.29, 0.717) is 0 Å². The molecule has 0 fully saturated rings. The number of benzene rings is 1. The molecule has 0 radical (unpaired) electrons. The van der Waals surface area contributed by atoms with Crippen molar-refractivity contribution in [1.82, 2.24) is 19.1 Å². The number of halogens is 3. The third-order valence-corrected chi connectivity index (χ3v) is 3.37. The number of aryl methyl sites for hydroxylation is 1. The zero-order valence-corrected chi connectivity index (χ0v) is 11.5. The Kier molecular flexibility index (Phi) is 2.84. The maximum absolute atomic E-state index is 12.7. The quantitative estimate of drug-likeness (QED) is 0.585. The zero-order chi connectivity index (χ0) is 16.2. The number of rotatable bonds is 0. The Morgan fingerprint density at radius 1 is 1.00 bits per heavy atom. The molecule has 22 heavy (non-hydrogen) atoms. The molecule has 0 amide bonds. The third-order valence-electron chi connectivity index (χ3n) is 3.37. The van der Waals surface area contributed by atoms with Crippen molar-refractivity contribution in [3.63, 3.8) is 0 Å². The van der Waals surface area contributed by atoms with Crippen molar-refractivity contribution < 1.29 is 13.2 Å². The van der Waals surface area contributed by atoms with Crippen LogP contribution in [0.2, 0.25) is 0 Å². The summed E-state index contributed by atoms with van der Waals surface area (Å²) >= 11 is 0. The zero-order valence-electron chi connectivity index (χ0n) is 11.5. The van der Waals surface area contributed by atoms with Crippen molar-refractivity contribution in [1.29, 1.82) is 0 Å². The highest BCUT2D eigenvalue weighted by molar-refractivity contribution is 5.84. The predicted molar refractivity (Wildman–Crippen MR) is 72.5 cm³/mol. The molecule has 2 heterocycles. The Morgan fingerprint density at radius 3 is 2.32 bits per heavy atom. The number of hydrogen-bond acceptors (Lipinski definition) is 4. The van der Waals surface area contributed by atoms with Crippen molar-refractivity contribution in [3.05, 3.63) is 44.6 Å². The van der Waals surface area contributed by atoms with Gasteiger partial charge in [-0.25, -0.2) is 14.8 Å². The van der Waals surface area contributed by atoms with E-state index in [-0.39, 0.29) is 22.2 Å². The Hall–Kier alpha value is -2.71. The highest BCUT2D eigenvalue weighted by atomic mass is 19.4. The van der Waals surface area contributed by atoms with E-state index >= 15 is 0 Å². The van der Waals surface area contributed by atoms with Gasteiger partial charge in [0.05, 0.1) is 16.6 Å². The third kappa shape index (κ3) is 1.97. The van der Waals surface area contributed by atoms with Gasteiger partial charge in [0.1, 0.15) is 0 Å². The number of nitrogens with zero attached hydrogens (tertiary/aromatic N) is 4. The maximum atomic E-state index is 12.7. The lowest BCUT2D eigenvalue weighted by molar-refractivity contribution is -0.137. The van der Waals surface area contributed by atoms with Gasteiger partial charge in [-0.15, -0.1) is 0 Å². The number of hydrogen-bond donors (Lipinski definition) is 0. The van der Waals surface area contributed by atoms with Gasteiger partial charge < -0.3 is 0 Å². The number of fused-ring (bicyclic) bond motifs is 2. The summed E-state index contributed by atoms with van der Waals surface area (Å²) in [4.78, 5) is 31.9. The molecule has 114 valence electrons. The Balaban J connectivity index is 2.47. The lowest BCUT2D eigenvalue weighted by Gasteiger charge is -2.09. The monoisotopic (exact) mass is 310 g/mol. The van der Waals surface area contributed by atoms with E-state index in [4.69, 9.17) is 0 Å². The largest absolute Gasteiger partial charge is 0.416 e. The van der Waals surface area contributed by atoms with Crippen LogP contribution in [0.1, 0.15) is 5.56 Å². The molecule has 0 unspecified atom stereocenters. The predicted octanol–water partition coefficient (Wildman–Crippen LogP) is 1.20. The first-order valence-electron chi connectivity index (χ1n) is 6.15. The van der Waals surface area contributed by atoms with Crippen LogP contribution >= 0.6 is 0 Å². The second kappa shape index (κ2) is 4.39. The summed E-state index contributed by atoms with van der Waals surface area (Å²) in [6, 6.07) is 2.86. The SMILES string of the molecule is Cn1c(=O)c2nc3ccc(C(F)(F)F)cc3nc2n(C)c1=O. The molecule has 6 nitrogen and oxygen atoms in total. The van der Waals surface area contributed by atoms with Gasteiger partial charge >= 0.3 is 11.9 Å². The standard InChI is InChI=1S/C13H9F3N4O2/c1-19-10-9(11(21)20(2)12(19)22)17-7-4-3-6(13(14,15)16)5-8(7)18-10/h3-5H,1-2H3. The molecule has 0 aliphatic carbocycles. The minimum atomic E-state index is -4.51. The van der Waals surface area contributed by atoms with Gasteiger partial charge in [0.15, 0.2) is 11.2 Å². The normalized spacial score (nSPS) is 12.2. The summed E-state index contributed by atoms with van der Waals surface area (Å²) in [5, 5.41) is 0. The van der Waals surface area contributed by atoms with Crippen molar-refractivity contribution >= 4 is 22.2 Å². The van der Waals surface area contributed by atoms with Crippen molar-refractivity contribution in [2.45, 2.75) is 6.18 Å². The van der Waals surface area contributed by atoms with E-state index in [1.807, 2.05) is 0 Å². The van der Waals surface area contributed by atoms with Crippen molar-refractivity contribution in [2.75, 3.05) is 0 Å². The van der Waals surface area contributed by atoms with Crippen molar-refractivity contribution in [2.24, 2.45) is 14.1 Å². The van der Waals surface area contributed by atoms with Crippen LogP contribution in [-0.4, -0.2) is 19.1 Å². The molecule has 0 saturated carbocycles. The van der Waals surface area contributed by atoms with Crippen LogP contribution in [0.5, 0.6) is 0 Å². The average molecular weight is 310 g/mol. The maximum Gasteiger partial charge on any atom is 0.416 e. The topological polar surface area (TPSA) is 69.8 Å². The highest BCUT2D eigenvalue weighted by Crippen LogP contribution is 2.30. The average Bonchev–Trinajstić information content (AvgIpc) is 2.48. The molecular weight excluding hydrogens is 301 g/mol. The van der Waals surface area contributed by atoms with E-state index < -0.39 is 23.0 Å². The molecule has 1 aromatic carbocycles. The van der Waals surface area contributed by atoms with Gasteiger partial charge in [-0.05, 0) is 18.2 Å². The summed E-state index contributed by atoms with van der Waals surface area (Å²) in [7, 11) is 2.67. The molecule has 9 heteroatoms. The molecule has 0 spiro atoms. The number of aromatic nitrogens is 4. The fourth-order valence-electron chi connectivity index (χ4n) is 2.16. The molecule has 3 aromatic rings. The van der Waals surface area contributed by atoms with Crippen LogP contribution < -0.4 is 11.2 Å². The summed E-state index contributed by atoms with van der Waals surface area (Å²) in [6.07, 6.45) is -4.51. The Labute approximate surface area is 120 Å². The lowest BCUT2D eigenvalue weighted by atomic mass is 10.2. The highest BCUT2D eigenvalue weighted by Gasteiger charge is 2.30. The first-order chi connectivity index (χ1) is 10.2. The Bertz CT molecular complexity index is 1030. The van der Waals surface area contributed by atoms with E-state index in [1.165, 1.54) is 14.1 Å². The summed E-state index contributed by atoms with van der Waals surface area (Å²) in [5.74, 6) is 0. The minimum absolute atomic E-state index is 0.0365. The summed E-state index contributed by atoms with van der Waals surface area (Å²) in [5.41, 5.74) is -2.16. The molecule has 2 aromatic heterocycles. The number of alkyl halides is 3. The van der Waals surface area contributed by atoms with Crippen LogP contribution in [0.25, 0.3) is 22.2 Å². The van der Waals surface area contributed by atoms with Crippen LogP contribution in [0.4, 0.5) is 13.2 Å². The van der Waals surface area contributed by atoms with E-state index in [0.717, 1.165) is 27.3 Å². The molecule has 0 aliphatic heterocycles. The van der Waals surface area contributed by atoms with Gasteiger partial charge in [0, 0.05) is 14.1 Å². The summed E-state index contributed by atoms with van der Waals surface area (Å²) < 4.78 is 40.1. The lowest BCUT2D eigenvalue weighted by Crippen LogP contribution is -2.37. The summed E-state index contributed by atoms with van der Waals surface area (Å²) in [6.45, 7) is 0. The molecule has 3 rings (SSSR count). The van der Waals surface area contributed by atoms with Gasteiger partial charge in [0.25, 0.3) is 5.56 Å². The molecule has 0 bridgehead atoms. The van der Waals surface area contributed by atoms with Gasteiger partial charge in [0.2, 0.25) is 0 Å².